The van der Waals surface area contributed by atoms with Gasteiger partial charge >= 0.3 is 5.97 Å². The van der Waals surface area contributed by atoms with Gasteiger partial charge in [0.25, 0.3) is 0 Å². The third kappa shape index (κ3) is 1.31. The fraction of sp³-hybridized carbons (Fsp3) is 0.250. The van der Waals surface area contributed by atoms with Gasteiger partial charge in [-0.1, -0.05) is 0 Å². The molecule has 0 amide bonds. The maximum Gasteiger partial charge on any atom is 0.345 e. The number of carboxylic acids is 1. The molecule has 0 fully saturated rings. The predicted molar refractivity (Wildman–Crippen MR) is 48.7 cm³/mol. The van der Waals surface area contributed by atoms with Crippen molar-refractivity contribution in [3.63, 3.8) is 0 Å². The Morgan fingerprint density at radius 3 is 3.00 bits per heavy atom. The van der Waals surface area contributed by atoms with Crippen LogP contribution < -0.4 is 5.32 Å². The molecule has 5 heteroatoms. The summed E-state index contributed by atoms with van der Waals surface area (Å²) in [5.74, 6) is -0.952. The molecule has 68 valence electrons. The third-order valence-electron chi connectivity index (χ3n) is 1.88. The Morgan fingerprint density at radius 1 is 1.62 bits per heavy atom. The minimum absolute atomic E-state index is 0.0255. The van der Waals surface area contributed by atoms with Gasteiger partial charge in [0.2, 0.25) is 0 Å². The quantitative estimate of drug-likeness (QED) is 0.715. The molecule has 0 radical (unpaired) electrons. The molecule has 4 nitrogen and oxygen atoms in total. The zero-order valence-corrected chi connectivity index (χ0v) is 7.48. The molecule has 0 saturated heterocycles. The Hall–Kier alpha value is -1.36. The van der Waals surface area contributed by atoms with E-state index in [9.17, 15) is 9.59 Å². The molecule has 0 atom stereocenters. The number of carbonyl (C=O) groups is 2. The number of hydrogen-bond donors (Lipinski definition) is 2. The van der Waals surface area contributed by atoms with Gasteiger partial charge in [-0.2, -0.15) is 0 Å². The summed E-state index contributed by atoms with van der Waals surface area (Å²) in [6.07, 6.45) is 0.447. The van der Waals surface area contributed by atoms with Crippen LogP contribution in [0.25, 0.3) is 0 Å². The van der Waals surface area contributed by atoms with Gasteiger partial charge in [0.1, 0.15) is 9.88 Å². The van der Waals surface area contributed by atoms with Crippen LogP contribution in [-0.4, -0.2) is 23.4 Å². The van der Waals surface area contributed by atoms with E-state index in [1.54, 1.807) is 0 Å². The first kappa shape index (κ1) is 8.25. The van der Waals surface area contributed by atoms with E-state index < -0.39 is 5.97 Å². The highest BCUT2D eigenvalue weighted by Crippen LogP contribution is 2.31. The zero-order chi connectivity index (χ0) is 9.42. The van der Waals surface area contributed by atoms with Gasteiger partial charge in [0, 0.05) is 13.0 Å². The Labute approximate surface area is 78.2 Å². The highest BCUT2D eigenvalue weighted by molar-refractivity contribution is 7.18. The van der Waals surface area contributed by atoms with Crippen molar-refractivity contribution >= 4 is 28.1 Å². The molecule has 1 aliphatic rings. The Morgan fingerprint density at radius 2 is 2.38 bits per heavy atom. The fourth-order valence-electron chi connectivity index (χ4n) is 1.26. The van der Waals surface area contributed by atoms with E-state index in [1.807, 2.05) is 0 Å². The summed E-state index contributed by atoms with van der Waals surface area (Å²) in [5.41, 5.74) is 0.522. The molecule has 1 aromatic rings. The van der Waals surface area contributed by atoms with Crippen LogP contribution >= 0.6 is 11.3 Å². The van der Waals surface area contributed by atoms with Gasteiger partial charge in [0.05, 0.1) is 5.56 Å². The maximum atomic E-state index is 11.3. The number of carbonyl (C=O) groups excluding carboxylic acids is 1. The Bertz CT molecular complexity index is 383. The summed E-state index contributed by atoms with van der Waals surface area (Å²) in [6.45, 7) is 0.603. The van der Waals surface area contributed by atoms with Gasteiger partial charge < -0.3 is 10.4 Å². The number of hydrogen-bond acceptors (Lipinski definition) is 4. The maximum absolute atomic E-state index is 11.3. The topological polar surface area (TPSA) is 66.4 Å². The highest BCUT2D eigenvalue weighted by atomic mass is 32.1. The van der Waals surface area contributed by atoms with Crippen molar-refractivity contribution in [1.29, 1.82) is 0 Å². The first-order valence-corrected chi connectivity index (χ1v) is 4.64. The van der Waals surface area contributed by atoms with Crippen molar-refractivity contribution < 1.29 is 14.7 Å². The average Bonchev–Trinajstić information content (AvgIpc) is 2.49. The largest absolute Gasteiger partial charge is 0.477 e. The first-order valence-electron chi connectivity index (χ1n) is 3.82. The predicted octanol–water partition coefficient (Wildman–Crippen LogP) is 1.44. The average molecular weight is 197 g/mol. The summed E-state index contributed by atoms with van der Waals surface area (Å²) >= 11 is 1.12. The normalized spacial score (nSPS) is 14.9. The van der Waals surface area contributed by atoms with Gasteiger partial charge in [-0.15, -0.1) is 11.3 Å². The second-order valence-electron chi connectivity index (χ2n) is 2.76. The van der Waals surface area contributed by atoms with E-state index in [0.717, 1.165) is 11.3 Å². The van der Waals surface area contributed by atoms with Crippen molar-refractivity contribution in [2.45, 2.75) is 6.42 Å². The molecular weight excluding hydrogens is 190 g/mol. The molecule has 0 spiro atoms. The van der Waals surface area contributed by atoms with E-state index >= 15 is 0 Å². The van der Waals surface area contributed by atoms with E-state index in [4.69, 9.17) is 5.11 Å². The number of thiophene rings is 1. The standard InChI is InChI=1S/C8H7NO3S/c10-5-1-2-9-7-4(5)3-6(13-7)8(11)12/h3,9H,1-2H2,(H,11,12). The number of anilines is 1. The van der Waals surface area contributed by atoms with Gasteiger partial charge in [-0.05, 0) is 6.07 Å². The molecule has 0 saturated carbocycles. The summed E-state index contributed by atoms with van der Waals surface area (Å²) in [4.78, 5) is 22.1. The molecule has 0 unspecified atom stereocenters. The molecule has 0 aliphatic carbocycles. The van der Waals surface area contributed by atoms with Crippen molar-refractivity contribution in [3.8, 4) is 0 Å². The van der Waals surface area contributed by atoms with Crippen LogP contribution in [-0.2, 0) is 0 Å². The number of aromatic carboxylic acids is 1. The van der Waals surface area contributed by atoms with Crippen LogP contribution in [0.3, 0.4) is 0 Å². The molecule has 1 aromatic heterocycles. The molecule has 0 aromatic carbocycles. The lowest BCUT2D eigenvalue weighted by atomic mass is 10.1. The van der Waals surface area contributed by atoms with Crippen LogP contribution in [0.5, 0.6) is 0 Å². The fourth-order valence-corrected chi connectivity index (χ4v) is 2.20. The summed E-state index contributed by atoms with van der Waals surface area (Å²) in [7, 11) is 0. The number of nitrogens with one attached hydrogen (secondary N) is 1. The third-order valence-corrected chi connectivity index (χ3v) is 2.96. The van der Waals surface area contributed by atoms with Gasteiger partial charge in [0.15, 0.2) is 5.78 Å². The molecule has 1 aliphatic heterocycles. The second-order valence-corrected chi connectivity index (χ2v) is 3.81. The van der Waals surface area contributed by atoms with Gasteiger partial charge in [-0.3, -0.25) is 4.79 Å². The van der Waals surface area contributed by atoms with Crippen LogP contribution in [0.15, 0.2) is 6.07 Å². The van der Waals surface area contributed by atoms with Crippen molar-refractivity contribution in [2.24, 2.45) is 0 Å². The molecule has 13 heavy (non-hydrogen) atoms. The minimum Gasteiger partial charge on any atom is -0.477 e. The minimum atomic E-state index is -0.978. The lowest BCUT2D eigenvalue weighted by Crippen LogP contribution is -2.15. The summed E-state index contributed by atoms with van der Waals surface area (Å²) < 4.78 is 0. The number of fused-ring (bicyclic) bond motifs is 1. The lowest BCUT2D eigenvalue weighted by molar-refractivity contribution is 0.0702. The van der Waals surface area contributed by atoms with E-state index in [-0.39, 0.29) is 10.7 Å². The van der Waals surface area contributed by atoms with E-state index in [1.165, 1.54) is 6.07 Å². The first-order chi connectivity index (χ1) is 6.18. The summed E-state index contributed by atoms with van der Waals surface area (Å²) in [5, 5.41) is 12.4. The zero-order valence-electron chi connectivity index (χ0n) is 6.66. The van der Waals surface area contributed by atoms with E-state index in [0.29, 0.717) is 23.5 Å². The number of ketones is 1. The van der Waals surface area contributed by atoms with Crippen LogP contribution in [0.2, 0.25) is 0 Å². The Kier molecular flexibility index (Phi) is 1.81. The smallest absolute Gasteiger partial charge is 0.345 e. The number of carboxylic acid groups (broad SMARTS) is 1. The summed E-state index contributed by atoms with van der Waals surface area (Å²) in [6, 6.07) is 1.44. The van der Waals surface area contributed by atoms with Crippen LogP contribution in [0.4, 0.5) is 5.00 Å². The monoisotopic (exact) mass is 197 g/mol. The van der Waals surface area contributed by atoms with Crippen LogP contribution in [0, 0.1) is 0 Å². The molecule has 2 rings (SSSR count). The SMILES string of the molecule is O=C(O)c1cc2c(s1)NCCC2=O. The number of rotatable bonds is 1. The van der Waals surface area contributed by atoms with Gasteiger partial charge in [-0.25, -0.2) is 4.79 Å². The van der Waals surface area contributed by atoms with Crippen molar-refractivity contribution in [2.75, 3.05) is 11.9 Å². The molecular formula is C8H7NO3S. The second kappa shape index (κ2) is 2.85. The Balaban J connectivity index is 2.48. The highest BCUT2D eigenvalue weighted by Gasteiger charge is 2.21. The number of Topliss-reactive ketones (excluding diaryl/α,β-unsaturated/α-hetero) is 1. The van der Waals surface area contributed by atoms with Crippen LogP contribution in [0.1, 0.15) is 26.5 Å². The lowest BCUT2D eigenvalue weighted by Gasteiger charge is -2.10. The molecule has 2 N–H and O–H groups in total. The van der Waals surface area contributed by atoms with E-state index in [2.05, 4.69) is 5.32 Å². The van der Waals surface area contributed by atoms with Crippen molar-refractivity contribution in [1.82, 2.24) is 0 Å². The molecule has 0 bridgehead atoms. The molecule has 2 heterocycles. The van der Waals surface area contributed by atoms with Crippen molar-refractivity contribution in [3.05, 3.63) is 16.5 Å².